The maximum Gasteiger partial charge on any atom is 0.157 e. The van der Waals surface area contributed by atoms with Gasteiger partial charge in [-0.1, -0.05) is 28.1 Å². The van der Waals surface area contributed by atoms with Gasteiger partial charge in [-0.3, -0.25) is 4.79 Å². The third-order valence-electron chi connectivity index (χ3n) is 2.41. The van der Waals surface area contributed by atoms with Crippen LogP contribution in [0, 0.1) is 0 Å². The summed E-state index contributed by atoms with van der Waals surface area (Å²) >= 11 is 3.39. The van der Waals surface area contributed by atoms with Gasteiger partial charge in [0.1, 0.15) is 0 Å². The minimum atomic E-state index is 0.230. The molecule has 0 fully saturated rings. The summed E-state index contributed by atoms with van der Waals surface area (Å²) in [6, 6.07) is 8.17. The lowest BCUT2D eigenvalue weighted by atomic mass is 10.2. The van der Waals surface area contributed by atoms with Crippen molar-refractivity contribution < 1.29 is 4.79 Å². The molecule has 1 aromatic carbocycles. The van der Waals surface area contributed by atoms with Crippen molar-refractivity contribution in [3.8, 4) is 0 Å². The Bertz CT molecular complexity index is 395. The molecular weight excluding hydrogens is 254 g/mol. The molecule has 0 heterocycles. The third-order valence-corrected chi connectivity index (χ3v) is 2.94. The molecule has 3 heteroatoms. The number of carbonyl (C=O) groups excluding carboxylic acids is 1. The van der Waals surface area contributed by atoms with Gasteiger partial charge < -0.3 is 5.32 Å². The van der Waals surface area contributed by atoms with Crippen molar-refractivity contribution in [2.24, 2.45) is 0 Å². The molecule has 0 aliphatic heterocycles. The lowest BCUT2D eigenvalue weighted by molar-refractivity contribution is -0.114. The molecule has 1 aliphatic rings. The topological polar surface area (TPSA) is 29.1 Å². The van der Waals surface area contributed by atoms with Crippen LogP contribution in [0.5, 0.6) is 0 Å². The van der Waals surface area contributed by atoms with E-state index in [4.69, 9.17) is 0 Å². The average molecular weight is 266 g/mol. The summed E-state index contributed by atoms with van der Waals surface area (Å²) < 4.78 is 1.08. The number of allylic oxidation sites excluding steroid dienone is 2. The van der Waals surface area contributed by atoms with Crippen LogP contribution in [0.1, 0.15) is 18.4 Å². The molecule has 15 heavy (non-hydrogen) atoms. The van der Waals surface area contributed by atoms with Gasteiger partial charge in [-0.2, -0.15) is 0 Å². The smallest absolute Gasteiger partial charge is 0.157 e. The Balaban J connectivity index is 1.91. The molecule has 0 unspecified atom stereocenters. The molecule has 0 amide bonds. The summed E-state index contributed by atoms with van der Waals surface area (Å²) in [5.74, 6) is 0.230. The van der Waals surface area contributed by atoms with Crippen LogP contribution in [0.15, 0.2) is 40.5 Å². The molecule has 1 N–H and O–H groups in total. The number of hydrogen-bond acceptors (Lipinski definition) is 2. The summed E-state index contributed by atoms with van der Waals surface area (Å²) in [5.41, 5.74) is 2.28. The molecule has 1 aliphatic carbocycles. The summed E-state index contributed by atoms with van der Waals surface area (Å²) in [6.45, 7) is 0.784. The fraction of sp³-hybridized carbons (Fsp3) is 0.250. The van der Waals surface area contributed by atoms with Crippen LogP contribution < -0.4 is 5.32 Å². The number of hydrogen-bond donors (Lipinski definition) is 1. The first-order valence-electron chi connectivity index (χ1n) is 4.96. The molecule has 0 saturated heterocycles. The molecule has 0 atom stereocenters. The van der Waals surface area contributed by atoms with E-state index in [9.17, 15) is 4.79 Å². The number of halogens is 1. The lowest BCUT2D eigenvalue weighted by Crippen LogP contribution is -2.10. The zero-order valence-electron chi connectivity index (χ0n) is 8.29. The summed E-state index contributed by atoms with van der Waals surface area (Å²) in [6.07, 6.45) is 3.22. The monoisotopic (exact) mass is 265 g/mol. The zero-order valence-corrected chi connectivity index (χ0v) is 9.88. The highest BCUT2D eigenvalue weighted by Gasteiger charge is 2.10. The van der Waals surface area contributed by atoms with Crippen LogP contribution >= 0.6 is 15.9 Å². The van der Waals surface area contributed by atoms with Gasteiger partial charge in [0.15, 0.2) is 5.78 Å². The fourth-order valence-electron chi connectivity index (χ4n) is 1.55. The van der Waals surface area contributed by atoms with E-state index < -0.39 is 0 Å². The quantitative estimate of drug-likeness (QED) is 0.911. The predicted octanol–water partition coefficient (Wildman–Crippen LogP) is 2.79. The Morgan fingerprint density at radius 1 is 1.20 bits per heavy atom. The second-order valence-corrected chi connectivity index (χ2v) is 4.53. The van der Waals surface area contributed by atoms with Gasteiger partial charge in [-0.05, 0) is 24.1 Å². The van der Waals surface area contributed by atoms with Crippen LogP contribution in [0.3, 0.4) is 0 Å². The molecule has 0 aromatic heterocycles. The number of rotatable bonds is 3. The van der Waals surface area contributed by atoms with Crippen LogP contribution in [0.25, 0.3) is 0 Å². The second kappa shape index (κ2) is 4.62. The standard InChI is InChI=1S/C12H12BrNO/c13-10-3-1-9(2-4-10)8-14-11-5-6-12(15)7-11/h1-4,7,14H,5-6,8H2. The van der Waals surface area contributed by atoms with Crippen molar-refractivity contribution in [2.45, 2.75) is 19.4 Å². The third kappa shape index (κ3) is 2.93. The highest BCUT2D eigenvalue weighted by Crippen LogP contribution is 2.14. The second-order valence-electron chi connectivity index (χ2n) is 3.62. The van der Waals surface area contributed by atoms with Crippen LogP contribution in [-0.2, 0) is 11.3 Å². The molecule has 1 aromatic rings. The van der Waals surface area contributed by atoms with Crippen molar-refractivity contribution in [1.29, 1.82) is 0 Å². The Morgan fingerprint density at radius 3 is 2.53 bits per heavy atom. The molecule has 0 saturated carbocycles. The number of benzene rings is 1. The minimum absolute atomic E-state index is 0.230. The Kier molecular flexibility index (Phi) is 3.21. The predicted molar refractivity (Wildman–Crippen MR) is 63.3 cm³/mol. The molecule has 0 radical (unpaired) electrons. The largest absolute Gasteiger partial charge is 0.384 e. The first-order chi connectivity index (χ1) is 7.24. The van der Waals surface area contributed by atoms with E-state index in [1.54, 1.807) is 6.08 Å². The van der Waals surface area contributed by atoms with Crippen molar-refractivity contribution in [2.75, 3.05) is 0 Å². The van der Waals surface area contributed by atoms with Crippen LogP contribution in [0.2, 0.25) is 0 Å². The first-order valence-corrected chi connectivity index (χ1v) is 5.75. The molecule has 0 spiro atoms. The Labute approximate surface area is 97.5 Å². The average Bonchev–Trinajstić information content (AvgIpc) is 2.64. The molecule has 2 nitrogen and oxygen atoms in total. The van der Waals surface area contributed by atoms with E-state index in [2.05, 4.69) is 33.4 Å². The number of carbonyl (C=O) groups is 1. The zero-order chi connectivity index (χ0) is 10.7. The van der Waals surface area contributed by atoms with Crippen molar-refractivity contribution in [3.63, 3.8) is 0 Å². The Morgan fingerprint density at radius 2 is 1.93 bits per heavy atom. The number of ketones is 1. The number of nitrogens with one attached hydrogen (secondary N) is 1. The van der Waals surface area contributed by atoms with Gasteiger partial charge in [0.2, 0.25) is 0 Å². The molecule has 0 bridgehead atoms. The molecule has 78 valence electrons. The SMILES string of the molecule is O=C1C=C(NCc2ccc(Br)cc2)CC1. The van der Waals surface area contributed by atoms with Gasteiger partial charge >= 0.3 is 0 Å². The van der Waals surface area contributed by atoms with Gasteiger partial charge in [0.25, 0.3) is 0 Å². The summed E-state index contributed by atoms with van der Waals surface area (Å²) in [7, 11) is 0. The van der Waals surface area contributed by atoms with Crippen molar-refractivity contribution >= 4 is 21.7 Å². The van der Waals surface area contributed by atoms with E-state index >= 15 is 0 Å². The van der Waals surface area contributed by atoms with Crippen LogP contribution in [0.4, 0.5) is 0 Å². The molecule has 2 rings (SSSR count). The van der Waals surface area contributed by atoms with Gasteiger partial charge in [-0.15, -0.1) is 0 Å². The lowest BCUT2D eigenvalue weighted by Gasteiger charge is -2.06. The van der Waals surface area contributed by atoms with Gasteiger partial charge in [0, 0.05) is 29.2 Å². The van der Waals surface area contributed by atoms with Crippen molar-refractivity contribution in [3.05, 3.63) is 46.1 Å². The van der Waals surface area contributed by atoms with E-state index in [0.717, 1.165) is 23.1 Å². The van der Waals surface area contributed by atoms with E-state index in [-0.39, 0.29) is 5.78 Å². The highest BCUT2D eigenvalue weighted by molar-refractivity contribution is 9.10. The fourth-order valence-corrected chi connectivity index (χ4v) is 1.82. The highest BCUT2D eigenvalue weighted by atomic mass is 79.9. The molecular formula is C12H12BrNO. The summed E-state index contributed by atoms with van der Waals surface area (Å²) in [4.78, 5) is 11.0. The maximum absolute atomic E-state index is 11.0. The maximum atomic E-state index is 11.0. The van der Waals surface area contributed by atoms with E-state index in [1.807, 2.05) is 12.1 Å². The van der Waals surface area contributed by atoms with Crippen molar-refractivity contribution in [1.82, 2.24) is 5.32 Å². The Hall–Kier alpha value is -1.09. The van der Waals surface area contributed by atoms with Gasteiger partial charge in [-0.25, -0.2) is 0 Å². The normalized spacial score (nSPS) is 15.3. The van der Waals surface area contributed by atoms with Gasteiger partial charge in [0.05, 0.1) is 0 Å². The summed E-state index contributed by atoms with van der Waals surface area (Å²) in [5, 5.41) is 3.27. The first kappa shape index (κ1) is 10.4. The van der Waals surface area contributed by atoms with E-state index in [0.29, 0.717) is 6.42 Å². The van der Waals surface area contributed by atoms with E-state index in [1.165, 1.54) is 5.56 Å². The van der Waals surface area contributed by atoms with Crippen LogP contribution in [-0.4, -0.2) is 5.78 Å². The minimum Gasteiger partial charge on any atom is -0.384 e.